The minimum Gasteiger partial charge on any atom is -0.467 e. The topological polar surface area (TPSA) is 90.6 Å². The number of nitrogens with one attached hydrogen (secondary N) is 1. The van der Waals surface area contributed by atoms with Gasteiger partial charge in [-0.25, -0.2) is 4.79 Å². The van der Waals surface area contributed by atoms with Crippen molar-refractivity contribution in [2.45, 2.75) is 6.04 Å². The fourth-order valence-electron chi connectivity index (χ4n) is 0.833. The number of hydrogen-bond acceptors (Lipinski definition) is 5. The lowest BCUT2D eigenvalue weighted by Crippen LogP contribution is -2.46. The third-order valence-electron chi connectivity index (χ3n) is 1.53. The van der Waals surface area contributed by atoms with Crippen LogP contribution in [0.25, 0.3) is 0 Å². The number of esters is 1. The molecule has 1 amide bonds. The number of rotatable bonds is 7. The first kappa shape index (κ1) is 13.6. The lowest BCUT2D eigenvalue weighted by molar-refractivity contribution is -0.146. The zero-order valence-corrected chi connectivity index (χ0v) is 8.69. The molecule has 0 bridgehead atoms. The van der Waals surface area contributed by atoms with Crippen molar-refractivity contribution >= 4 is 11.9 Å². The molecule has 0 saturated carbocycles. The molecule has 15 heavy (non-hydrogen) atoms. The van der Waals surface area contributed by atoms with E-state index < -0.39 is 17.9 Å². The quantitative estimate of drug-likeness (QED) is 0.317. The van der Waals surface area contributed by atoms with Gasteiger partial charge < -0.3 is 20.5 Å². The number of methoxy groups -OCH3 is 1. The zero-order valence-electron chi connectivity index (χ0n) is 8.69. The molecule has 0 spiro atoms. The predicted molar refractivity (Wildman–Crippen MR) is 54.0 cm³/mol. The van der Waals surface area contributed by atoms with E-state index in [-0.39, 0.29) is 13.2 Å². The van der Waals surface area contributed by atoms with Crippen LogP contribution in [0.5, 0.6) is 0 Å². The number of amides is 1. The highest BCUT2D eigenvalue weighted by atomic mass is 16.5. The maximum absolute atomic E-state index is 11.2. The van der Waals surface area contributed by atoms with Crippen LogP contribution in [0.2, 0.25) is 0 Å². The largest absolute Gasteiger partial charge is 0.467 e. The van der Waals surface area contributed by atoms with E-state index in [0.717, 1.165) is 0 Å². The summed E-state index contributed by atoms with van der Waals surface area (Å²) < 4.78 is 9.53. The van der Waals surface area contributed by atoms with Gasteiger partial charge in [0.05, 0.1) is 26.9 Å². The molecule has 3 N–H and O–H groups in total. The normalized spacial score (nSPS) is 11.6. The Kier molecular flexibility index (Phi) is 7.21. The smallest absolute Gasteiger partial charge is 0.330 e. The maximum Gasteiger partial charge on any atom is 0.330 e. The van der Waals surface area contributed by atoms with Crippen molar-refractivity contribution in [3.63, 3.8) is 0 Å². The molecule has 0 aliphatic rings. The van der Waals surface area contributed by atoms with E-state index in [0.29, 0.717) is 6.61 Å². The van der Waals surface area contributed by atoms with Crippen LogP contribution in [0.1, 0.15) is 0 Å². The van der Waals surface area contributed by atoms with Gasteiger partial charge in [-0.2, -0.15) is 0 Å². The van der Waals surface area contributed by atoms with Gasteiger partial charge in [-0.15, -0.1) is 6.58 Å². The summed E-state index contributed by atoms with van der Waals surface area (Å²) in [6.07, 6.45) is 1.54. The number of hydrogen-bond donors (Lipinski definition) is 2. The fraction of sp³-hybridized carbons (Fsp3) is 0.556. The second-order valence-corrected chi connectivity index (χ2v) is 2.67. The Morgan fingerprint density at radius 3 is 2.73 bits per heavy atom. The average molecular weight is 216 g/mol. The number of ether oxygens (including phenoxy) is 2. The maximum atomic E-state index is 11.2. The lowest BCUT2D eigenvalue weighted by Gasteiger charge is -2.15. The van der Waals surface area contributed by atoms with Crippen molar-refractivity contribution in [1.29, 1.82) is 0 Å². The van der Waals surface area contributed by atoms with E-state index in [1.165, 1.54) is 7.11 Å². The van der Waals surface area contributed by atoms with E-state index in [1.54, 1.807) is 6.08 Å². The third kappa shape index (κ3) is 5.82. The highest BCUT2D eigenvalue weighted by Gasteiger charge is 2.20. The van der Waals surface area contributed by atoms with Crippen molar-refractivity contribution in [3.8, 4) is 0 Å². The second-order valence-electron chi connectivity index (χ2n) is 2.67. The lowest BCUT2D eigenvalue weighted by atomic mass is 10.3. The van der Waals surface area contributed by atoms with E-state index in [2.05, 4.69) is 16.6 Å². The van der Waals surface area contributed by atoms with Gasteiger partial charge in [0.15, 0.2) is 6.04 Å². The minimum absolute atomic E-state index is 0.0322. The van der Waals surface area contributed by atoms with Crippen LogP contribution in [-0.4, -0.2) is 44.8 Å². The van der Waals surface area contributed by atoms with Crippen LogP contribution in [-0.2, 0) is 19.1 Å². The highest BCUT2D eigenvalue weighted by Crippen LogP contribution is 1.90. The molecule has 86 valence electrons. The molecule has 1 atom stereocenters. The summed E-state index contributed by atoms with van der Waals surface area (Å²) in [6.45, 7) is 3.60. The zero-order chi connectivity index (χ0) is 11.7. The summed E-state index contributed by atoms with van der Waals surface area (Å²) in [4.78, 5) is 22.1. The van der Waals surface area contributed by atoms with E-state index >= 15 is 0 Å². The van der Waals surface area contributed by atoms with Crippen molar-refractivity contribution < 1.29 is 19.1 Å². The van der Waals surface area contributed by atoms with Crippen LogP contribution < -0.4 is 11.1 Å². The predicted octanol–water partition coefficient (Wildman–Crippen LogP) is -1.19. The van der Waals surface area contributed by atoms with Gasteiger partial charge in [0.25, 0.3) is 0 Å². The van der Waals surface area contributed by atoms with Crippen LogP contribution in [0.4, 0.5) is 0 Å². The summed E-state index contributed by atoms with van der Waals surface area (Å²) in [5, 5.41) is 2.38. The van der Waals surface area contributed by atoms with Crippen molar-refractivity contribution in [2.75, 3.05) is 26.9 Å². The molecule has 0 radical (unpaired) electrons. The van der Waals surface area contributed by atoms with Crippen molar-refractivity contribution in [2.24, 2.45) is 5.73 Å². The summed E-state index contributed by atoms with van der Waals surface area (Å²) >= 11 is 0. The Morgan fingerprint density at radius 2 is 2.27 bits per heavy atom. The molecule has 0 heterocycles. The Balaban J connectivity index is 4.11. The first-order valence-electron chi connectivity index (χ1n) is 4.41. The molecular formula is C9H16N2O4. The monoisotopic (exact) mass is 216 g/mol. The van der Waals surface area contributed by atoms with Gasteiger partial charge in [0.2, 0.25) is 5.91 Å². The van der Waals surface area contributed by atoms with Crippen LogP contribution >= 0.6 is 0 Å². The van der Waals surface area contributed by atoms with E-state index in [9.17, 15) is 9.59 Å². The van der Waals surface area contributed by atoms with Crippen LogP contribution in [0, 0.1) is 0 Å². The van der Waals surface area contributed by atoms with Crippen molar-refractivity contribution in [1.82, 2.24) is 5.32 Å². The minimum atomic E-state index is -0.828. The molecule has 6 heteroatoms. The molecule has 0 unspecified atom stereocenters. The molecule has 0 saturated heterocycles. The summed E-state index contributed by atoms with van der Waals surface area (Å²) in [5.41, 5.74) is 5.10. The first-order valence-corrected chi connectivity index (χ1v) is 4.41. The Hall–Kier alpha value is -1.40. The van der Waals surface area contributed by atoms with Gasteiger partial charge in [0.1, 0.15) is 0 Å². The average Bonchev–Trinajstić information content (AvgIpc) is 2.26. The Labute approximate surface area is 88.4 Å². The Bertz CT molecular complexity index is 230. The molecule has 0 aromatic carbocycles. The molecule has 0 rings (SSSR count). The molecule has 0 fully saturated rings. The standard InChI is InChI=1S/C9H16N2O4/c1-3-4-15-6-7(9(13)14-2)11-8(12)5-10/h3,7H,1,4-6,10H2,2H3,(H,11,12)/t7-/m0/s1. The number of carbonyl (C=O) groups excluding carboxylic acids is 2. The van der Waals surface area contributed by atoms with Crippen LogP contribution in [0.15, 0.2) is 12.7 Å². The van der Waals surface area contributed by atoms with Gasteiger partial charge in [-0.3, -0.25) is 4.79 Å². The van der Waals surface area contributed by atoms with Gasteiger partial charge in [-0.1, -0.05) is 6.08 Å². The Morgan fingerprint density at radius 1 is 1.60 bits per heavy atom. The first-order chi connectivity index (χ1) is 7.15. The number of nitrogens with two attached hydrogens (primary N) is 1. The van der Waals surface area contributed by atoms with Gasteiger partial charge in [0, 0.05) is 0 Å². The van der Waals surface area contributed by atoms with E-state index in [1.807, 2.05) is 0 Å². The molecule has 0 aromatic rings. The third-order valence-corrected chi connectivity index (χ3v) is 1.53. The number of carbonyl (C=O) groups is 2. The molecule has 0 aliphatic heterocycles. The molecule has 6 nitrogen and oxygen atoms in total. The van der Waals surface area contributed by atoms with E-state index in [4.69, 9.17) is 10.5 Å². The summed E-state index contributed by atoms with van der Waals surface area (Å²) in [7, 11) is 1.23. The summed E-state index contributed by atoms with van der Waals surface area (Å²) in [6, 6.07) is -0.828. The molecule has 0 aliphatic carbocycles. The SMILES string of the molecule is C=CCOC[C@H](NC(=O)CN)C(=O)OC. The molecule has 0 aromatic heterocycles. The molecular weight excluding hydrogens is 200 g/mol. The van der Waals surface area contributed by atoms with Crippen LogP contribution in [0.3, 0.4) is 0 Å². The highest BCUT2D eigenvalue weighted by molar-refractivity contribution is 5.85. The fourth-order valence-corrected chi connectivity index (χ4v) is 0.833. The summed E-state index contributed by atoms with van der Waals surface area (Å²) in [5.74, 6) is -1.01. The van der Waals surface area contributed by atoms with Gasteiger partial charge >= 0.3 is 5.97 Å². The van der Waals surface area contributed by atoms with Crippen molar-refractivity contribution in [3.05, 3.63) is 12.7 Å². The second kappa shape index (κ2) is 7.95. The van der Waals surface area contributed by atoms with Gasteiger partial charge in [-0.05, 0) is 0 Å².